The van der Waals surface area contributed by atoms with E-state index in [2.05, 4.69) is 15.8 Å². The number of nitrogens with zero attached hydrogens (tertiary/aromatic N) is 2. The van der Waals surface area contributed by atoms with Gasteiger partial charge in [0.2, 0.25) is 0 Å². The van der Waals surface area contributed by atoms with Crippen LogP contribution in [0.1, 0.15) is 4.88 Å². The Balaban J connectivity index is 1.81. The molecule has 1 heterocycles. The standard InChI is InChI=1S/C13H11ClN4O3S/c14-10-3-1-2-4-11(10)15-8-12(19)17-16-7-9-5-6-13(22-9)18(20)21/h1-7,15H,8H2,(H,17,19). The molecule has 0 saturated heterocycles. The van der Waals surface area contributed by atoms with Crippen molar-refractivity contribution in [3.63, 3.8) is 0 Å². The second-order valence-corrected chi connectivity index (χ2v) is 5.56. The van der Waals surface area contributed by atoms with Crippen molar-refractivity contribution in [2.45, 2.75) is 0 Å². The van der Waals surface area contributed by atoms with E-state index in [-0.39, 0.29) is 17.5 Å². The Morgan fingerprint density at radius 2 is 2.14 bits per heavy atom. The zero-order chi connectivity index (χ0) is 15.9. The van der Waals surface area contributed by atoms with Crippen molar-refractivity contribution < 1.29 is 9.72 Å². The van der Waals surface area contributed by atoms with Crippen LogP contribution in [0.25, 0.3) is 0 Å². The Bertz CT molecular complexity index is 717. The van der Waals surface area contributed by atoms with Crippen molar-refractivity contribution in [2.24, 2.45) is 5.10 Å². The molecule has 0 saturated carbocycles. The first-order valence-electron chi connectivity index (χ1n) is 6.11. The van der Waals surface area contributed by atoms with Gasteiger partial charge in [-0.25, -0.2) is 5.43 Å². The lowest BCUT2D eigenvalue weighted by Gasteiger charge is -2.06. The minimum Gasteiger partial charge on any atom is -0.375 e. The Morgan fingerprint density at radius 1 is 1.36 bits per heavy atom. The minimum atomic E-state index is -0.478. The number of hydrazone groups is 1. The molecule has 2 N–H and O–H groups in total. The maximum Gasteiger partial charge on any atom is 0.324 e. The molecule has 7 nitrogen and oxygen atoms in total. The van der Waals surface area contributed by atoms with Gasteiger partial charge < -0.3 is 5.32 Å². The highest BCUT2D eigenvalue weighted by Gasteiger charge is 2.08. The molecule has 1 aromatic heterocycles. The summed E-state index contributed by atoms with van der Waals surface area (Å²) >= 11 is 6.91. The van der Waals surface area contributed by atoms with E-state index >= 15 is 0 Å². The highest BCUT2D eigenvalue weighted by molar-refractivity contribution is 7.16. The third-order valence-corrected chi connectivity index (χ3v) is 3.79. The van der Waals surface area contributed by atoms with Crippen molar-refractivity contribution in [3.8, 4) is 0 Å². The van der Waals surface area contributed by atoms with E-state index in [4.69, 9.17) is 11.6 Å². The third-order valence-electron chi connectivity index (χ3n) is 2.49. The highest BCUT2D eigenvalue weighted by atomic mass is 35.5. The fourth-order valence-electron chi connectivity index (χ4n) is 1.50. The molecule has 2 rings (SSSR count). The van der Waals surface area contributed by atoms with Gasteiger partial charge >= 0.3 is 5.00 Å². The summed E-state index contributed by atoms with van der Waals surface area (Å²) < 4.78 is 0. The van der Waals surface area contributed by atoms with Gasteiger partial charge in [-0.15, -0.1) is 0 Å². The summed E-state index contributed by atoms with van der Waals surface area (Å²) in [5.41, 5.74) is 2.97. The summed E-state index contributed by atoms with van der Waals surface area (Å²) in [5, 5.41) is 17.7. The lowest BCUT2D eigenvalue weighted by atomic mass is 10.3. The molecule has 0 aliphatic carbocycles. The summed E-state index contributed by atoms with van der Waals surface area (Å²) in [6.07, 6.45) is 1.35. The summed E-state index contributed by atoms with van der Waals surface area (Å²) in [6, 6.07) is 9.99. The number of rotatable bonds is 6. The lowest BCUT2D eigenvalue weighted by Crippen LogP contribution is -2.25. The number of hydrogen-bond acceptors (Lipinski definition) is 6. The molecule has 1 aromatic carbocycles. The van der Waals surface area contributed by atoms with E-state index in [0.29, 0.717) is 15.6 Å². The first kappa shape index (κ1) is 15.9. The molecule has 0 atom stereocenters. The number of amides is 1. The van der Waals surface area contributed by atoms with E-state index in [9.17, 15) is 14.9 Å². The second kappa shape index (κ2) is 7.53. The van der Waals surface area contributed by atoms with Crippen LogP contribution in [0.2, 0.25) is 5.02 Å². The number of benzene rings is 1. The summed E-state index contributed by atoms with van der Waals surface area (Å²) in [7, 11) is 0. The minimum absolute atomic E-state index is 0.00562. The highest BCUT2D eigenvalue weighted by Crippen LogP contribution is 2.22. The number of nitro groups is 1. The van der Waals surface area contributed by atoms with Crippen LogP contribution in [-0.2, 0) is 4.79 Å². The molecule has 22 heavy (non-hydrogen) atoms. The van der Waals surface area contributed by atoms with Crippen LogP contribution in [-0.4, -0.2) is 23.6 Å². The van der Waals surface area contributed by atoms with Crippen molar-refractivity contribution in [3.05, 3.63) is 56.4 Å². The predicted molar refractivity (Wildman–Crippen MR) is 86.7 cm³/mol. The van der Waals surface area contributed by atoms with Crippen LogP contribution in [0.4, 0.5) is 10.7 Å². The normalized spacial score (nSPS) is 10.6. The van der Waals surface area contributed by atoms with Crippen LogP contribution in [0, 0.1) is 10.1 Å². The van der Waals surface area contributed by atoms with E-state index in [0.717, 1.165) is 11.3 Å². The Kier molecular flexibility index (Phi) is 5.45. The van der Waals surface area contributed by atoms with Crippen LogP contribution in [0.5, 0.6) is 0 Å². The average molecular weight is 339 g/mol. The van der Waals surface area contributed by atoms with Gasteiger partial charge in [-0.1, -0.05) is 35.1 Å². The third kappa shape index (κ3) is 4.54. The molecule has 0 aliphatic rings. The predicted octanol–water partition coefficient (Wildman–Crippen LogP) is 2.87. The maximum absolute atomic E-state index is 11.6. The molecular weight excluding hydrogens is 328 g/mol. The van der Waals surface area contributed by atoms with E-state index in [1.54, 1.807) is 30.3 Å². The number of nitrogens with one attached hydrogen (secondary N) is 2. The molecule has 1 amide bonds. The first-order valence-corrected chi connectivity index (χ1v) is 7.30. The van der Waals surface area contributed by atoms with Crippen molar-refractivity contribution in [1.82, 2.24) is 5.43 Å². The molecule has 0 radical (unpaired) electrons. The average Bonchev–Trinajstić information content (AvgIpc) is 2.95. The molecule has 114 valence electrons. The van der Waals surface area contributed by atoms with Crippen LogP contribution < -0.4 is 10.7 Å². The van der Waals surface area contributed by atoms with E-state index in [1.807, 2.05) is 0 Å². The molecule has 0 aliphatic heterocycles. The number of carbonyl (C=O) groups is 1. The molecular formula is C13H11ClN4O3S. The summed E-state index contributed by atoms with van der Waals surface area (Å²) in [5.74, 6) is -0.359. The molecule has 2 aromatic rings. The van der Waals surface area contributed by atoms with Crippen molar-refractivity contribution in [1.29, 1.82) is 0 Å². The zero-order valence-corrected chi connectivity index (χ0v) is 12.7. The van der Waals surface area contributed by atoms with Crippen LogP contribution in [0.3, 0.4) is 0 Å². The van der Waals surface area contributed by atoms with Gasteiger partial charge in [0.15, 0.2) is 0 Å². The Labute approximate surface area is 134 Å². The van der Waals surface area contributed by atoms with Crippen LogP contribution >= 0.6 is 22.9 Å². The fraction of sp³-hybridized carbons (Fsp3) is 0.0769. The number of hydrogen-bond donors (Lipinski definition) is 2. The topological polar surface area (TPSA) is 96.6 Å². The van der Waals surface area contributed by atoms with Crippen molar-refractivity contribution in [2.75, 3.05) is 11.9 Å². The number of halogens is 1. The van der Waals surface area contributed by atoms with Crippen molar-refractivity contribution >= 4 is 45.7 Å². The summed E-state index contributed by atoms with van der Waals surface area (Å²) in [6.45, 7) is 0.00562. The number of para-hydroxylation sites is 1. The smallest absolute Gasteiger partial charge is 0.324 e. The van der Waals surface area contributed by atoms with E-state index < -0.39 is 4.92 Å². The zero-order valence-electron chi connectivity index (χ0n) is 11.2. The van der Waals surface area contributed by atoms with Gasteiger partial charge in [0.25, 0.3) is 5.91 Å². The lowest BCUT2D eigenvalue weighted by molar-refractivity contribution is -0.380. The van der Waals surface area contributed by atoms with Gasteiger partial charge in [0.1, 0.15) is 0 Å². The van der Waals surface area contributed by atoms with Gasteiger partial charge in [-0.05, 0) is 18.2 Å². The van der Waals surface area contributed by atoms with Gasteiger partial charge in [-0.3, -0.25) is 14.9 Å². The first-order chi connectivity index (χ1) is 10.6. The molecule has 9 heteroatoms. The molecule has 0 fully saturated rings. The summed E-state index contributed by atoms with van der Waals surface area (Å²) in [4.78, 5) is 22.2. The van der Waals surface area contributed by atoms with E-state index in [1.165, 1.54) is 12.3 Å². The second-order valence-electron chi connectivity index (χ2n) is 4.06. The Hall–Kier alpha value is -2.45. The fourth-order valence-corrected chi connectivity index (χ4v) is 2.39. The largest absolute Gasteiger partial charge is 0.375 e. The maximum atomic E-state index is 11.6. The van der Waals surface area contributed by atoms with Gasteiger partial charge in [0, 0.05) is 6.07 Å². The molecule has 0 bridgehead atoms. The molecule has 0 unspecified atom stereocenters. The Morgan fingerprint density at radius 3 is 2.82 bits per heavy atom. The van der Waals surface area contributed by atoms with Gasteiger partial charge in [-0.2, -0.15) is 5.10 Å². The SMILES string of the molecule is O=C(CNc1ccccc1Cl)NN=Cc1ccc([N+](=O)[O-])s1. The molecule has 0 spiro atoms. The number of anilines is 1. The monoisotopic (exact) mass is 338 g/mol. The quantitative estimate of drug-likeness (QED) is 0.481. The van der Waals surface area contributed by atoms with Gasteiger partial charge in [0.05, 0.1) is 33.3 Å². The number of carbonyl (C=O) groups excluding carboxylic acids is 1. The van der Waals surface area contributed by atoms with Crippen LogP contribution in [0.15, 0.2) is 41.5 Å². The number of thiophene rings is 1.